The first-order valence-corrected chi connectivity index (χ1v) is 8.92. The summed E-state index contributed by atoms with van der Waals surface area (Å²) in [5.41, 5.74) is -2.06. The number of hydrogen-bond acceptors (Lipinski definition) is 7. The van der Waals surface area contributed by atoms with Gasteiger partial charge in [-0.05, 0) is 44.5 Å². The first-order chi connectivity index (χ1) is 14.3. The maximum absolute atomic E-state index is 13.3. The summed E-state index contributed by atoms with van der Waals surface area (Å²) in [5.74, 6) is -1.74. The quantitative estimate of drug-likeness (QED) is 0.661. The molecule has 168 valence electrons. The number of hydrogen-bond donors (Lipinski definition) is 2. The molecule has 0 saturated heterocycles. The number of phenols is 1. The summed E-state index contributed by atoms with van der Waals surface area (Å²) < 4.78 is 54.7. The normalized spacial score (nSPS) is 11.6. The average Bonchev–Trinajstić information content (AvgIpc) is 2.63. The van der Waals surface area contributed by atoms with Gasteiger partial charge in [0.1, 0.15) is 22.8 Å². The number of carbonyl (C=O) groups excluding carboxylic acids is 2. The molecule has 8 nitrogen and oxygen atoms in total. The van der Waals surface area contributed by atoms with Crippen LogP contribution < -0.4 is 10.1 Å². The number of phenolic OH excluding ortho intramolecular Hbond substituents is 1. The number of pyridine rings is 1. The number of methoxy groups -OCH3 is 1. The second-order valence-corrected chi connectivity index (χ2v) is 7.36. The highest BCUT2D eigenvalue weighted by molar-refractivity contribution is 5.90. The number of rotatable bonds is 5. The van der Waals surface area contributed by atoms with Crippen molar-refractivity contribution < 1.29 is 42.1 Å². The standard InChI is InChI=1S/C20H21F3N2O6/c1-19(2,3)31-18(28)24-10-11-5-15(20(21,22)23)25-16(6-11)30-14-8-12(17(27)29-4)7-13(26)9-14/h5-9,26H,10H2,1-4H3,(H,24,28). The number of esters is 1. The van der Waals surface area contributed by atoms with Crippen LogP contribution in [0.3, 0.4) is 0 Å². The van der Waals surface area contributed by atoms with E-state index in [9.17, 15) is 27.9 Å². The van der Waals surface area contributed by atoms with E-state index in [-0.39, 0.29) is 29.2 Å². The van der Waals surface area contributed by atoms with Crippen LogP contribution in [0.5, 0.6) is 17.4 Å². The van der Waals surface area contributed by atoms with Crippen LogP contribution in [0.1, 0.15) is 42.4 Å². The Morgan fingerprint density at radius 2 is 1.77 bits per heavy atom. The Morgan fingerprint density at radius 1 is 1.10 bits per heavy atom. The number of carbonyl (C=O) groups is 2. The van der Waals surface area contributed by atoms with E-state index >= 15 is 0 Å². The van der Waals surface area contributed by atoms with Crippen LogP contribution >= 0.6 is 0 Å². The number of benzene rings is 1. The molecular formula is C20H21F3N2O6. The van der Waals surface area contributed by atoms with Gasteiger partial charge in [-0.15, -0.1) is 0 Å². The minimum Gasteiger partial charge on any atom is -0.508 e. The van der Waals surface area contributed by atoms with Crippen molar-refractivity contribution in [1.82, 2.24) is 10.3 Å². The molecular weight excluding hydrogens is 421 g/mol. The molecule has 0 radical (unpaired) electrons. The minimum atomic E-state index is -4.78. The Kier molecular flexibility index (Phi) is 6.98. The largest absolute Gasteiger partial charge is 0.508 e. The molecule has 0 saturated carbocycles. The number of aromatic hydroxyl groups is 1. The minimum absolute atomic E-state index is 0.0385. The van der Waals surface area contributed by atoms with E-state index in [1.165, 1.54) is 12.1 Å². The molecule has 0 unspecified atom stereocenters. The van der Waals surface area contributed by atoms with Crippen molar-refractivity contribution in [3.8, 4) is 17.4 Å². The van der Waals surface area contributed by atoms with Crippen LogP contribution in [0.25, 0.3) is 0 Å². The van der Waals surface area contributed by atoms with Crippen molar-refractivity contribution in [3.63, 3.8) is 0 Å². The van der Waals surface area contributed by atoms with Gasteiger partial charge in [0.15, 0.2) is 0 Å². The molecule has 1 aromatic heterocycles. The third-order valence-electron chi connectivity index (χ3n) is 3.52. The van der Waals surface area contributed by atoms with Gasteiger partial charge in [0.25, 0.3) is 0 Å². The van der Waals surface area contributed by atoms with Gasteiger partial charge in [0, 0.05) is 18.7 Å². The predicted octanol–water partition coefficient (Wildman–Crippen LogP) is 4.41. The number of nitrogens with one attached hydrogen (secondary N) is 1. The monoisotopic (exact) mass is 442 g/mol. The van der Waals surface area contributed by atoms with E-state index in [0.717, 1.165) is 25.3 Å². The van der Waals surface area contributed by atoms with Crippen molar-refractivity contribution in [1.29, 1.82) is 0 Å². The fourth-order valence-electron chi connectivity index (χ4n) is 2.35. The number of alkyl halides is 3. The van der Waals surface area contributed by atoms with Crippen LogP contribution in [-0.2, 0) is 22.2 Å². The number of aromatic nitrogens is 1. The Labute approximate surface area is 175 Å². The lowest BCUT2D eigenvalue weighted by atomic mass is 10.2. The van der Waals surface area contributed by atoms with Crippen LogP contribution in [-0.4, -0.2) is 34.9 Å². The molecule has 0 fully saturated rings. The lowest BCUT2D eigenvalue weighted by molar-refractivity contribution is -0.141. The molecule has 2 aromatic rings. The molecule has 0 spiro atoms. The van der Waals surface area contributed by atoms with E-state index in [2.05, 4.69) is 15.0 Å². The van der Waals surface area contributed by atoms with Crippen LogP contribution in [0.2, 0.25) is 0 Å². The van der Waals surface area contributed by atoms with Crippen molar-refractivity contribution in [2.24, 2.45) is 0 Å². The number of halogens is 3. The second kappa shape index (κ2) is 9.11. The Bertz CT molecular complexity index is 970. The van der Waals surface area contributed by atoms with Crippen molar-refractivity contribution in [2.75, 3.05) is 7.11 Å². The smallest absolute Gasteiger partial charge is 0.433 e. The summed E-state index contributed by atoms with van der Waals surface area (Å²) in [7, 11) is 1.13. The Hall–Kier alpha value is -3.50. The van der Waals surface area contributed by atoms with Gasteiger partial charge in [-0.3, -0.25) is 0 Å². The fraction of sp³-hybridized carbons (Fsp3) is 0.350. The molecule has 0 bridgehead atoms. The maximum Gasteiger partial charge on any atom is 0.433 e. The molecule has 1 aromatic carbocycles. The van der Waals surface area contributed by atoms with Gasteiger partial charge >= 0.3 is 18.2 Å². The van der Waals surface area contributed by atoms with Gasteiger partial charge in [-0.2, -0.15) is 13.2 Å². The van der Waals surface area contributed by atoms with Crippen molar-refractivity contribution >= 4 is 12.1 Å². The number of amides is 1. The van der Waals surface area contributed by atoms with Crippen molar-refractivity contribution in [3.05, 3.63) is 47.2 Å². The third kappa shape index (κ3) is 7.36. The first kappa shape index (κ1) is 23.8. The number of ether oxygens (including phenoxy) is 3. The highest BCUT2D eigenvalue weighted by atomic mass is 19.4. The molecule has 0 aliphatic carbocycles. The van der Waals surface area contributed by atoms with Gasteiger partial charge in [0.2, 0.25) is 5.88 Å². The zero-order chi connectivity index (χ0) is 23.4. The lowest BCUT2D eigenvalue weighted by Crippen LogP contribution is -2.32. The summed E-state index contributed by atoms with van der Waals surface area (Å²) in [6.07, 6.45) is -5.59. The average molecular weight is 442 g/mol. The van der Waals surface area contributed by atoms with Crippen LogP contribution in [0.15, 0.2) is 30.3 Å². The van der Waals surface area contributed by atoms with Gasteiger partial charge in [-0.1, -0.05) is 0 Å². The molecule has 0 aliphatic rings. The summed E-state index contributed by atoms with van der Waals surface area (Å²) >= 11 is 0. The molecule has 2 rings (SSSR count). The molecule has 1 amide bonds. The molecule has 11 heteroatoms. The summed E-state index contributed by atoms with van der Waals surface area (Å²) in [6, 6.07) is 5.30. The SMILES string of the molecule is COC(=O)c1cc(O)cc(Oc2cc(CNC(=O)OC(C)(C)C)cc(C(F)(F)F)n2)c1. The van der Waals surface area contributed by atoms with Crippen LogP contribution in [0.4, 0.5) is 18.0 Å². The van der Waals surface area contributed by atoms with Gasteiger partial charge in [0.05, 0.1) is 12.7 Å². The third-order valence-corrected chi connectivity index (χ3v) is 3.52. The topological polar surface area (TPSA) is 107 Å². The van der Waals surface area contributed by atoms with E-state index in [1.807, 2.05) is 0 Å². The zero-order valence-corrected chi connectivity index (χ0v) is 17.2. The first-order valence-electron chi connectivity index (χ1n) is 8.92. The summed E-state index contributed by atoms with van der Waals surface area (Å²) in [4.78, 5) is 26.9. The van der Waals surface area contributed by atoms with E-state index in [1.54, 1.807) is 20.8 Å². The fourth-order valence-corrected chi connectivity index (χ4v) is 2.35. The molecule has 0 aliphatic heterocycles. The Morgan fingerprint density at radius 3 is 2.35 bits per heavy atom. The highest BCUT2D eigenvalue weighted by Crippen LogP contribution is 2.32. The number of nitrogens with zero attached hydrogens (tertiary/aromatic N) is 1. The maximum atomic E-state index is 13.3. The number of alkyl carbamates (subject to hydrolysis) is 1. The van der Waals surface area contributed by atoms with Gasteiger partial charge < -0.3 is 24.6 Å². The zero-order valence-electron chi connectivity index (χ0n) is 17.2. The molecule has 0 atom stereocenters. The predicted molar refractivity (Wildman–Crippen MR) is 102 cm³/mol. The molecule has 31 heavy (non-hydrogen) atoms. The summed E-state index contributed by atoms with van der Waals surface area (Å²) in [5, 5.41) is 12.1. The molecule has 1 heterocycles. The van der Waals surface area contributed by atoms with E-state index < -0.39 is 35.4 Å². The van der Waals surface area contributed by atoms with E-state index in [0.29, 0.717) is 0 Å². The second-order valence-electron chi connectivity index (χ2n) is 7.36. The van der Waals surface area contributed by atoms with Crippen LogP contribution in [0, 0.1) is 0 Å². The lowest BCUT2D eigenvalue weighted by Gasteiger charge is -2.20. The summed E-state index contributed by atoms with van der Waals surface area (Å²) in [6.45, 7) is 4.64. The van der Waals surface area contributed by atoms with E-state index in [4.69, 9.17) is 9.47 Å². The van der Waals surface area contributed by atoms with Crippen molar-refractivity contribution in [2.45, 2.75) is 39.1 Å². The Balaban J connectivity index is 2.31. The molecule has 2 N–H and O–H groups in total. The van der Waals surface area contributed by atoms with Gasteiger partial charge in [-0.25, -0.2) is 14.6 Å². The highest BCUT2D eigenvalue weighted by Gasteiger charge is 2.33.